The van der Waals surface area contributed by atoms with Gasteiger partial charge in [-0.05, 0) is 35.1 Å². The average Bonchev–Trinajstić information content (AvgIpc) is 2.64. The Morgan fingerprint density at radius 3 is 0.962 bits per heavy atom. The molecule has 0 atom stereocenters. The van der Waals surface area contributed by atoms with Crippen molar-refractivity contribution in [2.24, 2.45) is 0 Å². The van der Waals surface area contributed by atoms with Gasteiger partial charge in [0.25, 0.3) is 11.4 Å². The lowest BCUT2D eigenvalue weighted by Gasteiger charge is -2.05. The van der Waals surface area contributed by atoms with E-state index in [1.165, 1.54) is 24.3 Å². The van der Waals surface area contributed by atoms with Crippen LogP contribution >= 0.6 is 0 Å². The van der Waals surface area contributed by atoms with Crippen molar-refractivity contribution in [3.8, 4) is 0 Å². The van der Waals surface area contributed by atoms with Crippen LogP contribution in [0.1, 0.15) is 22.3 Å². The van der Waals surface area contributed by atoms with Crippen LogP contribution in [-0.4, -0.2) is 9.85 Å². The van der Waals surface area contributed by atoms with Gasteiger partial charge < -0.3 is 0 Å². The fraction of sp³-hybridized carbons (Fsp3) is 0.100. The van der Waals surface area contributed by atoms with Crippen molar-refractivity contribution >= 4 is 11.4 Å². The van der Waals surface area contributed by atoms with Crippen molar-refractivity contribution in [3.63, 3.8) is 0 Å². The molecule has 0 aromatic heterocycles. The maximum absolute atomic E-state index is 10.7. The van der Waals surface area contributed by atoms with Crippen molar-refractivity contribution in [2.75, 3.05) is 0 Å². The van der Waals surface area contributed by atoms with Crippen LogP contribution in [0, 0.1) is 20.2 Å². The Hall–Kier alpha value is -3.54. The van der Waals surface area contributed by atoms with Crippen molar-refractivity contribution < 1.29 is 9.85 Å². The lowest BCUT2D eigenvalue weighted by Crippen LogP contribution is -1.93. The molecule has 3 rings (SSSR count). The van der Waals surface area contributed by atoms with Gasteiger partial charge in [-0.1, -0.05) is 48.5 Å². The number of nitro groups is 2. The number of hydrogen-bond acceptors (Lipinski definition) is 4. The lowest BCUT2D eigenvalue weighted by molar-refractivity contribution is -0.385. The minimum atomic E-state index is -0.406. The Balaban J connectivity index is 1.64. The van der Waals surface area contributed by atoms with Gasteiger partial charge in [-0.2, -0.15) is 0 Å². The molecule has 0 saturated carbocycles. The normalized spacial score (nSPS) is 10.5. The average molecular weight is 348 g/mol. The summed E-state index contributed by atoms with van der Waals surface area (Å²) in [5.74, 6) is 0. The summed E-state index contributed by atoms with van der Waals surface area (Å²) in [5, 5.41) is 21.4. The van der Waals surface area contributed by atoms with Gasteiger partial charge in [-0.15, -0.1) is 0 Å². The van der Waals surface area contributed by atoms with E-state index in [9.17, 15) is 20.2 Å². The molecule has 0 unspecified atom stereocenters. The summed E-state index contributed by atoms with van der Waals surface area (Å²) in [6, 6.07) is 21.2. The Bertz CT molecular complexity index is 839. The molecule has 26 heavy (non-hydrogen) atoms. The highest BCUT2D eigenvalue weighted by atomic mass is 16.6. The van der Waals surface area contributed by atoms with Crippen molar-refractivity contribution in [2.45, 2.75) is 12.8 Å². The second-order valence-electron chi connectivity index (χ2n) is 6.02. The second kappa shape index (κ2) is 7.57. The molecule has 130 valence electrons. The summed E-state index contributed by atoms with van der Waals surface area (Å²) in [6.07, 6.45) is 1.41. The van der Waals surface area contributed by atoms with Crippen LogP contribution in [0.2, 0.25) is 0 Å². The molecule has 3 aromatic rings. The molecule has 0 saturated heterocycles. The zero-order valence-electron chi connectivity index (χ0n) is 13.9. The molecule has 0 bridgehead atoms. The fourth-order valence-electron chi connectivity index (χ4n) is 2.72. The molecule has 3 aromatic carbocycles. The number of benzene rings is 3. The van der Waals surface area contributed by atoms with Gasteiger partial charge >= 0.3 is 0 Å². The van der Waals surface area contributed by atoms with E-state index in [0.717, 1.165) is 22.3 Å². The molecule has 0 aliphatic rings. The highest BCUT2D eigenvalue weighted by Gasteiger charge is 2.06. The predicted octanol–water partition coefficient (Wildman–Crippen LogP) is 4.68. The minimum absolute atomic E-state index is 0.0900. The van der Waals surface area contributed by atoms with Gasteiger partial charge in [-0.25, -0.2) is 0 Å². The number of nitro benzene ring substituents is 2. The van der Waals surface area contributed by atoms with Crippen molar-refractivity contribution in [1.82, 2.24) is 0 Å². The van der Waals surface area contributed by atoms with Gasteiger partial charge in [0.2, 0.25) is 0 Å². The highest BCUT2D eigenvalue weighted by Crippen LogP contribution is 2.18. The number of nitrogens with zero attached hydrogens (tertiary/aromatic N) is 2. The molecule has 0 aliphatic heterocycles. The van der Waals surface area contributed by atoms with Crippen LogP contribution in [-0.2, 0) is 12.8 Å². The summed E-state index contributed by atoms with van der Waals surface area (Å²) >= 11 is 0. The fourth-order valence-corrected chi connectivity index (χ4v) is 2.72. The van der Waals surface area contributed by atoms with Gasteiger partial charge in [0.1, 0.15) is 0 Å². The van der Waals surface area contributed by atoms with Crippen LogP contribution in [0.15, 0.2) is 72.8 Å². The maximum atomic E-state index is 10.7. The Morgan fingerprint density at radius 2 is 0.731 bits per heavy atom. The van der Waals surface area contributed by atoms with Crippen LogP contribution in [0.3, 0.4) is 0 Å². The summed E-state index contributed by atoms with van der Waals surface area (Å²) in [5.41, 5.74) is 4.44. The van der Waals surface area contributed by atoms with E-state index in [1.54, 1.807) is 24.3 Å². The van der Waals surface area contributed by atoms with E-state index in [1.807, 2.05) is 24.3 Å². The van der Waals surface area contributed by atoms with Gasteiger partial charge in [0.05, 0.1) is 9.85 Å². The predicted molar refractivity (Wildman–Crippen MR) is 98.2 cm³/mol. The molecule has 0 radical (unpaired) electrons. The van der Waals surface area contributed by atoms with Gasteiger partial charge in [0, 0.05) is 24.3 Å². The third-order valence-electron chi connectivity index (χ3n) is 4.13. The molecular weight excluding hydrogens is 332 g/mol. The third kappa shape index (κ3) is 4.30. The highest BCUT2D eigenvalue weighted by molar-refractivity contribution is 5.38. The summed E-state index contributed by atoms with van der Waals surface area (Å²) < 4.78 is 0. The van der Waals surface area contributed by atoms with E-state index in [4.69, 9.17) is 0 Å². The number of non-ortho nitro benzene ring substituents is 2. The third-order valence-corrected chi connectivity index (χ3v) is 4.13. The van der Waals surface area contributed by atoms with Gasteiger partial charge in [0.15, 0.2) is 0 Å². The first kappa shape index (κ1) is 17.3. The summed E-state index contributed by atoms with van der Waals surface area (Å²) in [4.78, 5) is 20.6. The van der Waals surface area contributed by atoms with Crippen LogP contribution in [0.25, 0.3) is 0 Å². The van der Waals surface area contributed by atoms with E-state index < -0.39 is 9.85 Å². The molecule has 0 heterocycles. The molecule has 0 aliphatic carbocycles. The monoisotopic (exact) mass is 348 g/mol. The maximum Gasteiger partial charge on any atom is 0.269 e. The number of hydrogen-bond donors (Lipinski definition) is 0. The minimum Gasteiger partial charge on any atom is -0.258 e. The van der Waals surface area contributed by atoms with Crippen LogP contribution in [0.4, 0.5) is 11.4 Å². The van der Waals surface area contributed by atoms with Gasteiger partial charge in [-0.3, -0.25) is 20.2 Å². The van der Waals surface area contributed by atoms with Crippen molar-refractivity contribution in [3.05, 3.63) is 115 Å². The van der Waals surface area contributed by atoms with Crippen molar-refractivity contribution in [1.29, 1.82) is 0 Å². The smallest absolute Gasteiger partial charge is 0.258 e. The molecule has 6 heteroatoms. The zero-order valence-corrected chi connectivity index (χ0v) is 13.9. The van der Waals surface area contributed by atoms with E-state index in [2.05, 4.69) is 0 Å². The quantitative estimate of drug-likeness (QED) is 0.478. The molecule has 0 amide bonds. The zero-order chi connectivity index (χ0) is 18.5. The first-order valence-corrected chi connectivity index (χ1v) is 8.06. The standard InChI is InChI=1S/C20H16N2O4/c23-21(24)19-9-5-17(6-10-19)13-15-1-2-16(4-3-15)14-18-7-11-20(12-8-18)22(25)26/h1-12H,13-14H2. The molecular formula is C20H16N2O4. The topological polar surface area (TPSA) is 86.3 Å². The molecule has 0 fully saturated rings. The first-order chi connectivity index (χ1) is 12.5. The van der Waals surface area contributed by atoms with E-state index >= 15 is 0 Å². The Kier molecular flexibility index (Phi) is 5.03. The first-order valence-electron chi connectivity index (χ1n) is 8.06. The second-order valence-corrected chi connectivity index (χ2v) is 6.02. The SMILES string of the molecule is O=[N+]([O-])c1ccc(Cc2ccc(Cc3ccc([N+](=O)[O-])cc3)cc2)cc1. The largest absolute Gasteiger partial charge is 0.269 e. The van der Waals surface area contributed by atoms with Crippen LogP contribution < -0.4 is 0 Å². The van der Waals surface area contributed by atoms with E-state index in [-0.39, 0.29) is 11.4 Å². The number of rotatable bonds is 6. The summed E-state index contributed by atoms with van der Waals surface area (Å²) in [7, 11) is 0. The van der Waals surface area contributed by atoms with Crippen LogP contribution in [0.5, 0.6) is 0 Å². The summed E-state index contributed by atoms with van der Waals surface area (Å²) in [6.45, 7) is 0. The van der Waals surface area contributed by atoms with E-state index in [0.29, 0.717) is 12.8 Å². The Morgan fingerprint density at radius 1 is 0.500 bits per heavy atom. The molecule has 0 spiro atoms. The molecule has 0 N–H and O–H groups in total. The molecule has 6 nitrogen and oxygen atoms in total. The Labute approximate surface area is 150 Å². The lowest BCUT2D eigenvalue weighted by atomic mass is 10.00.